The van der Waals surface area contributed by atoms with Crippen LogP contribution in [0.15, 0.2) is 134 Å². The Labute approximate surface area is 270 Å². The fourth-order valence-electron chi connectivity index (χ4n) is 5.98. The smallest absolute Gasteiger partial charge is 0.338 e. The first kappa shape index (κ1) is 29.8. The number of rotatable bonds is 9. The molecule has 0 saturated carbocycles. The number of esters is 1. The molecule has 3 heterocycles. The molecule has 46 heavy (non-hydrogen) atoms. The Kier molecular flexibility index (Phi) is 8.30. The van der Waals surface area contributed by atoms with Crippen molar-refractivity contribution in [2.45, 2.75) is 30.1 Å². The Bertz CT molecular complexity index is 1830. The van der Waals surface area contributed by atoms with Crippen LogP contribution in [0.2, 0.25) is 5.15 Å². The third-order valence-electron chi connectivity index (χ3n) is 8.16. The highest BCUT2D eigenvalue weighted by Crippen LogP contribution is 2.42. The Morgan fingerprint density at radius 1 is 0.804 bits per heavy atom. The van der Waals surface area contributed by atoms with E-state index in [2.05, 4.69) is 15.0 Å². The zero-order valence-corrected chi connectivity index (χ0v) is 25.2. The summed E-state index contributed by atoms with van der Waals surface area (Å²) >= 11 is 6.26. The quantitative estimate of drug-likeness (QED) is 0.118. The van der Waals surface area contributed by atoms with E-state index in [-0.39, 0.29) is 11.8 Å². The molecule has 6 aromatic rings. The molecule has 1 aliphatic heterocycles. The third-order valence-corrected chi connectivity index (χ3v) is 8.43. The Morgan fingerprint density at radius 2 is 1.35 bits per heavy atom. The van der Waals surface area contributed by atoms with Crippen molar-refractivity contribution in [3.63, 3.8) is 0 Å². The average molecular weight is 633 g/mol. The Balaban J connectivity index is 1.29. The highest BCUT2D eigenvalue weighted by Gasteiger charge is 2.49. The molecule has 0 spiro atoms. The molecule has 1 N–H and O–H groups in total. The maximum atomic E-state index is 13.3. The maximum Gasteiger partial charge on any atom is 0.338 e. The molecular formula is C36H29ClN4O5. The van der Waals surface area contributed by atoms with Gasteiger partial charge in [-0.2, -0.15) is 0 Å². The molecule has 0 amide bonds. The number of carbonyl (C=O) groups excluding carboxylic acids is 1. The number of halogens is 1. The molecular weight excluding hydrogens is 604 g/mol. The van der Waals surface area contributed by atoms with Gasteiger partial charge in [0.05, 0.1) is 18.5 Å². The summed E-state index contributed by atoms with van der Waals surface area (Å²) in [6.45, 7) is -0.0542. The van der Waals surface area contributed by atoms with Crippen molar-refractivity contribution < 1.29 is 24.1 Å². The molecule has 0 aliphatic carbocycles. The van der Waals surface area contributed by atoms with Gasteiger partial charge >= 0.3 is 5.97 Å². The monoisotopic (exact) mass is 632 g/mol. The molecule has 0 bridgehead atoms. The number of benzene rings is 4. The minimum absolute atomic E-state index is 0.0542. The van der Waals surface area contributed by atoms with Crippen LogP contribution in [0, 0.1) is 0 Å². The lowest BCUT2D eigenvalue weighted by molar-refractivity contribution is -0.0960. The lowest BCUT2D eigenvalue weighted by atomic mass is 9.80. The zero-order chi connectivity index (χ0) is 31.5. The summed E-state index contributed by atoms with van der Waals surface area (Å²) in [5.74, 6) is -0.597. The predicted molar refractivity (Wildman–Crippen MR) is 171 cm³/mol. The normalized spacial score (nSPS) is 19.7. The van der Waals surface area contributed by atoms with Gasteiger partial charge in [-0.05, 0) is 28.8 Å². The van der Waals surface area contributed by atoms with E-state index < -0.39 is 36.1 Å². The molecule has 4 aromatic carbocycles. The van der Waals surface area contributed by atoms with E-state index in [0.717, 1.165) is 16.7 Å². The van der Waals surface area contributed by atoms with Crippen LogP contribution < -0.4 is 0 Å². The fourth-order valence-corrected chi connectivity index (χ4v) is 6.16. The van der Waals surface area contributed by atoms with Gasteiger partial charge in [-0.25, -0.2) is 19.7 Å². The Hall–Kier alpha value is -4.93. The van der Waals surface area contributed by atoms with E-state index in [4.69, 9.17) is 25.8 Å². The first-order valence-corrected chi connectivity index (χ1v) is 15.2. The molecule has 4 atom stereocenters. The van der Waals surface area contributed by atoms with Gasteiger partial charge < -0.3 is 19.3 Å². The number of aliphatic hydroxyl groups excluding tert-OH is 1. The van der Waals surface area contributed by atoms with Crippen LogP contribution in [0.4, 0.5) is 0 Å². The van der Waals surface area contributed by atoms with E-state index in [1.54, 1.807) is 28.8 Å². The number of hydrogen-bond donors (Lipinski definition) is 1. The van der Waals surface area contributed by atoms with Crippen LogP contribution in [-0.4, -0.2) is 55.5 Å². The number of imidazole rings is 1. The summed E-state index contributed by atoms with van der Waals surface area (Å²) in [6.07, 6.45) is -1.53. The predicted octanol–water partition coefficient (Wildman–Crippen LogP) is 5.97. The summed E-state index contributed by atoms with van der Waals surface area (Å²) in [5, 5.41) is 11.9. The second-order valence-corrected chi connectivity index (χ2v) is 11.2. The first-order valence-electron chi connectivity index (χ1n) is 14.8. The number of carbonyl (C=O) groups is 1. The molecule has 230 valence electrons. The number of aliphatic hydroxyl groups is 1. The van der Waals surface area contributed by atoms with Gasteiger partial charge in [-0.15, -0.1) is 0 Å². The van der Waals surface area contributed by atoms with Crippen LogP contribution in [0.5, 0.6) is 0 Å². The molecule has 10 heteroatoms. The summed E-state index contributed by atoms with van der Waals surface area (Å²) < 4.78 is 21.0. The Morgan fingerprint density at radius 3 is 1.91 bits per heavy atom. The average Bonchev–Trinajstić information content (AvgIpc) is 3.68. The minimum atomic E-state index is -1.30. The second-order valence-electron chi connectivity index (χ2n) is 10.9. The van der Waals surface area contributed by atoms with E-state index in [1.807, 2.05) is 97.1 Å². The molecule has 9 nitrogen and oxygen atoms in total. The van der Waals surface area contributed by atoms with Crippen molar-refractivity contribution in [2.75, 3.05) is 6.61 Å². The van der Waals surface area contributed by atoms with E-state index in [9.17, 15) is 9.90 Å². The fraction of sp³-hybridized carbons (Fsp3) is 0.167. The molecule has 1 fully saturated rings. The summed E-state index contributed by atoms with van der Waals surface area (Å²) in [5.41, 5.74) is 2.69. The largest absolute Gasteiger partial charge is 0.453 e. The molecule has 1 saturated heterocycles. The zero-order valence-electron chi connectivity index (χ0n) is 24.5. The van der Waals surface area contributed by atoms with Crippen LogP contribution in [-0.2, 0) is 19.8 Å². The van der Waals surface area contributed by atoms with Gasteiger partial charge in [-0.1, -0.05) is 121 Å². The van der Waals surface area contributed by atoms with Crippen LogP contribution in [0.25, 0.3) is 11.2 Å². The van der Waals surface area contributed by atoms with Crippen molar-refractivity contribution in [3.8, 4) is 0 Å². The second kappa shape index (κ2) is 12.8. The molecule has 2 aromatic heterocycles. The molecule has 7 rings (SSSR count). The summed E-state index contributed by atoms with van der Waals surface area (Å²) in [4.78, 5) is 26.0. The van der Waals surface area contributed by atoms with Crippen molar-refractivity contribution in [1.82, 2.24) is 19.5 Å². The van der Waals surface area contributed by atoms with Crippen molar-refractivity contribution in [2.24, 2.45) is 0 Å². The molecule has 1 aliphatic rings. The number of ether oxygens (including phenoxy) is 3. The van der Waals surface area contributed by atoms with E-state index in [1.165, 1.54) is 12.7 Å². The third kappa shape index (κ3) is 5.44. The van der Waals surface area contributed by atoms with Gasteiger partial charge in [0.1, 0.15) is 29.7 Å². The number of aromatic nitrogens is 4. The van der Waals surface area contributed by atoms with Gasteiger partial charge in [0.2, 0.25) is 0 Å². The highest BCUT2D eigenvalue weighted by atomic mass is 35.5. The number of fused-ring (bicyclic) bond motifs is 1. The van der Waals surface area contributed by atoms with Crippen LogP contribution in [0.1, 0.15) is 33.3 Å². The van der Waals surface area contributed by atoms with Crippen LogP contribution in [0.3, 0.4) is 0 Å². The maximum absolute atomic E-state index is 13.3. The van der Waals surface area contributed by atoms with Crippen LogP contribution >= 0.6 is 11.6 Å². The molecule has 0 radical (unpaired) electrons. The lowest BCUT2D eigenvalue weighted by Crippen LogP contribution is -2.41. The van der Waals surface area contributed by atoms with Gasteiger partial charge in [0, 0.05) is 0 Å². The van der Waals surface area contributed by atoms with Crippen molar-refractivity contribution in [1.29, 1.82) is 0 Å². The lowest BCUT2D eigenvalue weighted by Gasteiger charge is -2.37. The SMILES string of the molecule is O=C(O[C@@H]1[C@H](O)[C@H](n2cnc3c(Cl)ncnc32)O[C@@H]1COC(c1ccccc1)(c1ccccc1)c1ccccc1)c1ccccc1. The van der Waals surface area contributed by atoms with Gasteiger partial charge in [-0.3, -0.25) is 4.57 Å². The minimum Gasteiger partial charge on any atom is -0.453 e. The molecule has 0 unspecified atom stereocenters. The topological polar surface area (TPSA) is 109 Å². The van der Waals surface area contributed by atoms with E-state index >= 15 is 0 Å². The number of nitrogens with zero attached hydrogens (tertiary/aromatic N) is 4. The standard InChI is InChI=1S/C36H29ClN4O5/c37-32-29-33(39-22-38-32)41(23-40-29)34-30(42)31(46-35(43)24-13-5-1-6-14-24)28(45-34)21-44-36(25-15-7-2-8-16-25,26-17-9-3-10-18-26)27-19-11-4-12-20-27/h1-20,22-23,28,30-31,34,42H,21H2/t28-,30+,31+,34-/m1/s1. The highest BCUT2D eigenvalue weighted by molar-refractivity contribution is 6.33. The van der Waals surface area contributed by atoms with Crippen molar-refractivity contribution >= 4 is 28.7 Å². The van der Waals surface area contributed by atoms with Crippen molar-refractivity contribution in [3.05, 3.63) is 161 Å². The first-order chi connectivity index (χ1) is 22.6. The summed E-state index contributed by atoms with van der Waals surface area (Å²) in [7, 11) is 0. The number of hydrogen-bond acceptors (Lipinski definition) is 8. The summed E-state index contributed by atoms with van der Waals surface area (Å²) in [6, 6.07) is 38.4. The van der Waals surface area contributed by atoms with Gasteiger partial charge in [0.25, 0.3) is 0 Å². The van der Waals surface area contributed by atoms with E-state index in [0.29, 0.717) is 16.7 Å². The van der Waals surface area contributed by atoms with Gasteiger partial charge in [0.15, 0.2) is 23.1 Å².